The monoisotopic (exact) mass is 244 g/mol. The van der Waals surface area contributed by atoms with Gasteiger partial charge in [-0.2, -0.15) is 0 Å². The number of carbonyl (C=O) groups excluding carboxylic acids is 1. The molecule has 0 aliphatic carbocycles. The van der Waals surface area contributed by atoms with E-state index in [0.717, 1.165) is 24.0 Å². The van der Waals surface area contributed by atoms with Crippen LogP contribution in [-0.4, -0.2) is 6.29 Å². The van der Waals surface area contributed by atoms with Crippen molar-refractivity contribution < 1.29 is 9.21 Å². The molecule has 0 bridgehead atoms. The summed E-state index contributed by atoms with van der Waals surface area (Å²) in [5.74, 6) is 1.12. The Bertz CT molecular complexity index is 404. The van der Waals surface area contributed by atoms with Gasteiger partial charge in [0.1, 0.15) is 12.0 Å². The maximum Gasteiger partial charge on any atom is 0.150 e. The average molecular weight is 244 g/mol. The minimum Gasteiger partial charge on any atom is -0.469 e. The molecule has 2 nitrogen and oxygen atoms in total. The molecule has 18 heavy (non-hydrogen) atoms. The summed E-state index contributed by atoms with van der Waals surface area (Å²) in [5, 5.41) is 0. The van der Waals surface area contributed by atoms with Gasteiger partial charge in [0.05, 0.1) is 6.26 Å². The van der Waals surface area contributed by atoms with Gasteiger partial charge in [-0.15, -0.1) is 0 Å². The molecule has 0 saturated carbocycles. The van der Waals surface area contributed by atoms with Crippen molar-refractivity contribution in [2.45, 2.75) is 32.6 Å². The van der Waals surface area contributed by atoms with E-state index >= 15 is 0 Å². The Hall–Kier alpha value is -1.83. The lowest BCUT2D eigenvalue weighted by atomic mass is 10.2. The Kier molecular flexibility index (Phi) is 7.29. The third-order valence-electron chi connectivity index (χ3n) is 2.54. The van der Waals surface area contributed by atoms with Crippen LogP contribution in [0.25, 0.3) is 0 Å². The number of hydrogen-bond donors (Lipinski definition) is 0. The first-order valence-corrected chi connectivity index (χ1v) is 6.39. The fourth-order valence-corrected chi connectivity index (χ4v) is 1.54. The molecule has 0 atom stereocenters. The molecule has 2 aromatic rings. The van der Waals surface area contributed by atoms with Crippen molar-refractivity contribution in [1.29, 1.82) is 0 Å². The van der Waals surface area contributed by atoms with Crippen molar-refractivity contribution in [3.8, 4) is 0 Å². The number of aryl methyl sites for hydroxylation is 1. The molecule has 0 saturated heterocycles. The summed E-state index contributed by atoms with van der Waals surface area (Å²) in [7, 11) is 0. The highest BCUT2D eigenvalue weighted by Crippen LogP contribution is 2.06. The van der Waals surface area contributed by atoms with Gasteiger partial charge >= 0.3 is 0 Å². The summed E-state index contributed by atoms with van der Waals surface area (Å²) in [6, 6.07) is 13.1. The highest BCUT2D eigenvalue weighted by Gasteiger charge is 1.92. The predicted octanol–water partition coefficient (Wildman–Crippen LogP) is 4.51. The van der Waals surface area contributed by atoms with Gasteiger partial charge in [-0.05, 0) is 18.6 Å². The molecular weight excluding hydrogens is 224 g/mol. The Morgan fingerprint density at radius 3 is 2.33 bits per heavy atom. The lowest BCUT2D eigenvalue weighted by Crippen LogP contribution is -1.80. The molecule has 0 fully saturated rings. The molecule has 1 aromatic heterocycles. The van der Waals surface area contributed by atoms with Gasteiger partial charge in [0.15, 0.2) is 0 Å². The van der Waals surface area contributed by atoms with Crippen LogP contribution in [0, 0.1) is 0 Å². The zero-order valence-corrected chi connectivity index (χ0v) is 10.8. The van der Waals surface area contributed by atoms with Crippen molar-refractivity contribution >= 4 is 6.29 Å². The number of carbonyl (C=O) groups is 1. The van der Waals surface area contributed by atoms with Crippen molar-refractivity contribution in [1.82, 2.24) is 0 Å². The number of unbranched alkanes of at least 4 members (excludes halogenated alkanes) is 2. The van der Waals surface area contributed by atoms with Crippen LogP contribution in [0.1, 0.15) is 42.3 Å². The van der Waals surface area contributed by atoms with E-state index in [-0.39, 0.29) is 0 Å². The van der Waals surface area contributed by atoms with E-state index in [1.807, 2.05) is 30.3 Å². The van der Waals surface area contributed by atoms with E-state index in [0.29, 0.717) is 0 Å². The molecule has 0 N–H and O–H groups in total. The second-order valence-electron chi connectivity index (χ2n) is 4.07. The number of aldehydes is 1. The van der Waals surface area contributed by atoms with Crippen LogP contribution in [0.2, 0.25) is 0 Å². The van der Waals surface area contributed by atoms with Gasteiger partial charge in [-0.25, -0.2) is 0 Å². The number of furan rings is 1. The minimum atomic E-state index is 0.729. The Morgan fingerprint density at radius 2 is 1.83 bits per heavy atom. The van der Waals surface area contributed by atoms with E-state index in [2.05, 4.69) is 6.92 Å². The van der Waals surface area contributed by atoms with Gasteiger partial charge in [0.2, 0.25) is 0 Å². The van der Waals surface area contributed by atoms with Gasteiger partial charge in [0, 0.05) is 12.0 Å². The van der Waals surface area contributed by atoms with Crippen molar-refractivity contribution in [3.63, 3.8) is 0 Å². The molecular formula is C16H20O2. The molecule has 0 aliphatic heterocycles. The second kappa shape index (κ2) is 9.23. The summed E-state index contributed by atoms with van der Waals surface area (Å²) in [4.78, 5) is 10.0. The molecule has 0 aliphatic rings. The van der Waals surface area contributed by atoms with E-state index < -0.39 is 0 Å². The van der Waals surface area contributed by atoms with Crippen LogP contribution in [0.5, 0.6) is 0 Å². The number of rotatable bonds is 5. The van der Waals surface area contributed by atoms with Crippen LogP contribution < -0.4 is 0 Å². The first-order valence-electron chi connectivity index (χ1n) is 6.39. The van der Waals surface area contributed by atoms with E-state index in [1.165, 1.54) is 19.3 Å². The van der Waals surface area contributed by atoms with Gasteiger partial charge in [-0.1, -0.05) is 50.1 Å². The topological polar surface area (TPSA) is 30.2 Å². The predicted molar refractivity (Wildman–Crippen MR) is 73.8 cm³/mol. The fourth-order valence-electron chi connectivity index (χ4n) is 1.54. The Balaban J connectivity index is 0.000000184. The quantitative estimate of drug-likeness (QED) is 0.572. The Morgan fingerprint density at radius 1 is 1.06 bits per heavy atom. The molecule has 0 amide bonds. The van der Waals surface area contributed by atoms with Crippen LogP contribution >= 0.6 is 0 Å². The summed E-state index contributed by atoms with van der Waals surface area (Å²) in [6.07, 6.45) is 7.51. The lowest BCUT2D eigenvalue weighted by Gasteiger charge is -1.93. The number of benzene rings is 1. The molecule has 0 spiro atoms. The van der Waals surface area contributed by atoms with E-state index in [1.54, 1.807) is 18.4 Å². The van der Waals surface area contributed by atoms with Gasteiger partial charge in [-0.3, -0.25) is 4.79 Å². The SMILES string of the molecule is CCCCCc1ccco1.O=Cc1ccccc1. The van der Waals surface area contributed by atoms with Crippen LogP contribution in [0.3, 0.4) is 0 Å². The average Bonchev–Trinajstić information content (AvgIpc) is 2.94. The van der Waals surface area contributed by atoms with Crippen molar-refractivity contribution in [2.75, 3.05) is 0 Å². The van der Waals surface area contributed by atoms with E-state index in [4.69, 9.17) is 4.42 Å². The van der Waals surface area contributed by atoms with Crippen LogP contribution in [0.4, 0.5) is 0 Å². The maximum atomic E-state index is 10.0. The Labute approximate surface area is 109 Å². The largest absolute Gasteiger partial charge is 0.469 e. The standard InChI is InChI=1S/C9H14O.C7H6O/c1-2-3-4-6-9-7-5-8-10-9;8-6-7-4-2-1-3-5-7/h5,7-8H,2-4,6H2,1H3;1-6H. The first kappa shape index (κ1) is 14.2. The number of hydrogen-bond acceptors (Lipinski definition) is 2. The minimum absolute atomic E-state index is 0.729. The molecule has 96 valence electrons. The zero-order valence-electron chi connectivity index (χ0n) is 10.8. The fraction of sp³-hybridized carbons (Fsp3) is 0.312. The maximum absolute atomic E-state index is 10.0. The van der Waals surface area contributed by atoms with Crippen molar-refractivity contribution in [3.05, 3.63) is 60.1 Å². The highest BCUT2D eigenvalue weighted by molar-refractivity contribution is 5.74. The normalized spacial score (nSPS) is 9.39. The lowest BCUT2D eigenvalue weighted by molar-refractivity contribution is 0.112. The van der Waals surface area contributed by atoms with Crippen LogP contribution in [0.15, 0.2) is 53.1 Å². The molecule has 2 heteroatoms. The molecule has 1 aromatic carbocycles. The molecule has 0 radical (unpaired) electrons. The summed E-state index contributed by atoms with van der Waals surface area (Å²) >= 11 is 0. The van der Waals surface area contributed by atoms with E-state index in [9.17, 15) is 4.79 Å². The second-order valence-corrected chi connectivity index (χ2v) is 4.07. The summed E-state index contributed by atoms with van der Waals surface area (Å²) in [6.45, 7) is 2.21. The van der Waals surface area contributed by atoms with Crippen molar-refractivity contribution in [2.24, 2.45) is 0 Å². The molecule has 2 rings (SSSR count). The smallest absolute Gasteiger partial charge is 0.150 e. The molecule has 1 heterocycles. The first-order chi connectivity index (χ1) is 8.86. The van der Waals surface area contributed by atoms with Gasteiger partial charge < -0.3 is 4.42 Å². The molecule has 0 unspecified atom stereocenters. The third-order valence-corrected chi connectivity index (χ3v) is 2.54. The summed E-state index contributed by atoms with van der Waals surface area (Å²) < 4.78 is 5.18. The van der Waals surface area contributed by atoms with Crippen LogP contribution in [-0.2, 0) is 6.42 Å². The zero-order chi connectivity index (χ0) is 13.1. The van der Waals surface area contributed by atoms with Gasteiger partial charge in [0.25, 0.3) is 0 Å². The third kappa shape index (κ3) is 6.04. The summed E-state index contributed by atoms with van der Waals surface area (Å²) in [5.41, 5.74) is 0.729. The highest BCUT2D eigenvalue weighted by atomic mass is 16.3.